The van der Waals surface area contributed by atoms with E-state index < -0.39 is 0 Å². The van der Waals surface area contributed by atoms with Gasteiger partial charge in [0.2, 0.25) is 0 Å². The molecule has 0 radical (unpaired) electrons. The second kappa shape index (κ2) is 7.78. The molecule has 1 aromatic heterocycles. The molecule has 6 heteroatoms. The minimum Gasteiger partial charge on any atom is -0.378 e. The summed E-state index contributed by atoms with van der Waals surface area (Å²) in [5.41, 5.74) is 4.97. The third-order valence-electron chi connectivity index (χ3n) is 4.90. The summed E-state index contributed by atoms with van der Waals surface area (Å²) in [5.74, 6) is -0.169. The van der Waals surface area contributed by atoms with Gasteiger partial charge in [0, 0.05) is 29.2 Å². The van der Waals surface area contributed by atoms with E-state index in [2.05, 4.69) is 15.2 Å². The number of amides is 1. The smallest absolute Gasteiger partial charge is 0.256 e. The van der Waals surface area contributed by atoms with E-state index in [-0.39, 0.29) is 5.91 Å². The molecular formula is C22H22ClN3O2. The number of nitrogens with one attached hydrogen (secondary N) is 1. The van der Waals surface area contributed by atoms with Crippen molar-refractivity contribution in [3.05, 3.63) is 64.3 Å². The van der Waals surface area contributed by atoms with E-state index >= 15 is 0 Å². The van der Waals surface area contributed by atoms with E-state index in [1.807, 2.05) is 50.2 Å². The number of carbonyl (C=O) groups is 1. The fourth-order valence-electron chi connectivity index (χ4n) is 3.54. The number of morpholine rings is 1. The number of rotatable bonds is 3. The van der Waals surface area contributed by atoms with Crippen molar-refractivity contribution >= 4 is 39.8 Å². The van der Waals surface area contributed by atoms with Crippen molar-refractivity contribution < 1.29 is 9.53 Å². The number of benzene rings is 2. The standard InChI is InChI=1S/C22H22ClN3O2/c1-14-3-5-19-17(11-14)18(12-15(2)24-19)22(27)25-20-13-16(23)4-6-21(20)26-7-9-28-10-8-26/h3-6,11-13H,7-10H2,1-2H3,(H,25,27). The fourth-order valence-corrected chi connectivity index (χ4v) is 3.71. The van der Waals surface area contributed by atoms with Crippen LogP contribution in [0.15, 0.2) is 42.5 Å². The van der Waals surface area contributed by atoms with E-state index in [4.69, 9.17) is 16.3 Å². The molecule has 28 heavy (non-hydrogen) atoms. The second-order valence-electron chi connectivity index (χ2n) is 7.05. The molecule has 0 unspecified atom stereocenters. The van der Waals surface area contributed by atoms with E-state index in [9.17, 15) is 4.79 Å². The Morgan fingerprint density at radius 1 is 1.11 bits per heavy atom. The van der Waals surface area contributed by atoms with E-state index in [1.54, 1.807) is 6.07 Å². The van der Waals surface area contributed by atoms with Crippen molar-refractivity contribution in [2.24, 2.45) is 0 Å². The second-order valence-corrected chi connectivity index (χ2v) is 7.48. The van der Waals surface area contributed by atoms with Crippen LogP contribution in [0.1, 0.15) is 21.6 Å². The normalized spacial score (nSPS) is 14.3. The first-order valence-electron chi connectivity index (χ1n) is 9.33. The number of fused-ring (bicyclic) bond motifs is 1. The van der Waals surface area contributed by atoms with Gasteiger partial charge < -0.3 is 15.0 Å². The molecule has 3 aromatic rings. The average Bonchev–Trinajstić information content (AvgIpc) is 2.68. The number of carbonyl (C=O) groups excluding carboxylic acids is 1. The fraction of sp³-hybridized carbons (Fsp3) is 0.273. The minimum atomic E-state index is -0.169. The number of aryl methyl sites for hydroxylation is 2. The van der Waals surface area contributed by atoms with Crippen molar-refractivity contribution in [3.8, 4) is 0 Å². The van der Waals surface area contributed by atoms with Gasteiger partial charge in [-0.15, -0.1) is 0 Å². The van der Waals surface area contributed by atoms with Crippen molar-refractivity contribution in [1.82, 2.24) is 4.98 Å². The third kappa shape index (κ3) is 3.81. The Morgan fingerprint density at radius 3 is 2.68 bits per heavy atom. The predicted molar refractivity (Wildman–Crippen MR) is 114 cm³/mol. The van der Waals surface area contributed by atoms with Crippen LogP contribution in [0.2, 0.25) is 5.02 Å². The molecular weight excluding hydrogens is 374 g/mol. The summed E-state index contributed by atoms with van der Waals surface area (Å²) in [5, 5.41) is 4.50. The Morgan fingerprint density at radius 2 is 1.89 bits per heavy atom. The summed E-state index contributed by atoms with van der Waals surface area (Å²) < 4.78 is 5.45. The van der Waals surface area contributed by atoms with Gasteiger partial charge in [0.05, 0.1) is 35.7 Å². The zero-order chi connectivity index (χ0) is 19.7. The summed E-state index contributed by atoms with van der Waals surface area (Å²) in [4.78, 5) is 20.0. The summed E-state index contributed by atoms with van der Waals surface area (Å²) in [6, 6.07) is 13.4. The quantitative estimate of drug-likeness (QED) is 0.704. The Hall–Kier alpha value is -2.63. The van der Waals surface area contributed by atoms with Crippen molar-refractivity contribution in [2.45, 2.75) is 13.8 Å². The molecule has 4 rings (SSSR count). The van der Waals surface area contributed by atoms with E-state index in [0.717, 1.165) is 40.9 Å². The van der Waals surface area contributed by atoms with E-state index in [1.165, 1.54) is 0 Å². The Labute approximate surface area is 169 Å². The van der Waals surface area contributed by atoms with E-state index in [0.29, 0.717) is 29.5 Å². The molecule has 2 aromatic carbocycles. The Bertz CT molecular complexity index is 1050. The maximum atomic E-state index is 13.2. The molecule has 2 heterocycles. The van der Waals surface area contributed by atoms with Crippen LogP contribution in [0.5, 0.6) is 0 Å². The molecule has 0 atom stereocenters. The number of pyridine rings is 1. The highest BCUT2D eigenvalue weighted by Gasteiger charge is 2.18. The molecule has 144 valence electrons. The van der Waals surface area contributed by atoms with Crippen LogP contribution >= 0.6 is 11.6 Å². The van der Waals surface area contributed by atoms with Crippen LogP contribution in [-0.4, -0.2) is 37.2 Å². The highest BCUT2D eigenvalue weighted by molar-refractivity contribution is 6.31. The lowest BCUT2D eigenvalue weighted by molar-refractivity contribution is 0.102. The average molecular weight is 396 g/mol. The van der Waals surface area contributed by atoms with Gasteiger partial charge >= 0.3 is 0 Å². The minimum absolute atomic E-state index is 0.169. The van der Waals surface area contributed by atoms with Gasteiger partial charge in [0.25, 0.3) is 5.91 Å². The first kappa shape index (κ1) is 18.7. The van der Waals surface area contributed by atoms with Gasteiger partial charge in [-0.25, -0.2) is 0 Å². The monoisotopic (exact) mass is 395 g/mol. The van der Waals surface area contributed by atoms with Gasteiger partial charge in [-0.3, -0.25) is 9.78 Å². The van der Waals surface area contributed by atoms with Gasteiger partial charge in [-0.1, -0.05) is 23.2 Å². The lowest BCUT2D eigenvalue weighted by Gasteiger charge is -2.30. The zero-order valence-corrected chi connectivity index (χ0v) is 16.7. The lowest BCUT2D eigenvalue weighted by atomic mass is 10.0. The summed E-state index contributed by atoms with van der Waals surface area (Å²) >= 11 is 6.22. The summed E-state index contributed by atoms with van der Waals surface area (Å²) in [7, 11) is 0. The van der Waals surface area contributed by atoms with Crippen molar-refractivity contribution in [1.29, 1.82) is 0 Å². The maximum absolute atomic E-state index is 13.2. The Balaban J connectivity index is 1.72. The van der Waals surface area contributed by atoms with Crippen LogP contribution in [0.25, 0.3) is 10.9 Å². The van der Waals surface area contributed by atoms with Gasteiger partial charge in [-0.05, 0) is 50.2 Å². The zero-order valence-electron chi connectivity index (χ0n) is 16.0. The van der Waals surface area contributed by atoms with Crippen LogP contribution in [0.3, 0.4) is 0 Å². The number of hydrogen-bond donors (Lipinski definition) is 1. The predicted octanol–water partition coefficient (Wildman–Crippen LogP) is 4.59. The molecule has 1 fully saturated rings. The van der Waals surface area contributed by atoms with Gasteiger partial charge in [0.15, 0.2) is 0 Å². The highest BCUT2D eigenvalue weighted by atomic mass is 35.5. The number of aromatic nitrogens is 1. The van der Waals surface area contributed by atoms with Gasteiger partial charge in [-0.2, -0.15) is 0 Å². The topological polar surface area (TPSA) is 54.5 Å². The lowest BCUT2D eigenvalue weighted by Crippen LogP contribution is -2.36. The molecule has 5 nitrogen and oxygen atoms in total. The van der Waals surface area contributed by atoms with Crippen LogP contribution in [0.4, 0.5) is 11.4 Å². The molecule has 0 saturated carbocycles. The van der Waals surface area contributed by atoms with Crippen molar-refractivity contribution in [3.63, 3.8) is 0 Å². The maximum Gasteiger partial charge on any atom is 0.256 e. The van der Waals surface area contributed by atoms with Crippen LogP contribution < -0.4 is 10.2 Å². The number of halogens is 1. The molecule has 1 amide bonds. The molecule has 1 N–H and O–H groups in total. The van der Waals surface area contributed by atoms with Crippen LogP contribution in [-0.2, 0) is 4.74 Å². The largest absolute Gasteiger partial charge is 0.378 e. The van der Waals surface area contributed by atoms with Gasteiger partial charge in [0.1, 0.15) is 0 Å². The summed E-state index contributed by atoms with van der Waals surface area (Å²) in [6.07, 6.45) is 0. The first-order valence-corrected chi connectivity index (χ1v) is 9.71. The molecule has 1 aliphatic rings. The number of nitrogens with zero attached hydrogens (tertiary/aromatic N) is 2. The SMILES string of the molecule is Cc1ccc2nc(C)cc(C(=O)Nc3cc(Cl)ccc3N3CCOCC3)c2c1. The number of hydrogen-bond acceptors (Lipinski definition) is 4. The molecule has 0 bridgehead atoms. The first-order chi connectivity index (χ1) is 13.5. The van der Waals surface area contributed by atoms with Crippen LogP contribution in [0, 0.1) is 13.8 Å². The molecule has 0 aliphatic carbocycles. The Kier molecular flexibility index (Phi) is 5.20. The number of ether oxygens (including phenoxy) is 1. The molecule has 0 spiro atoms. The third-order valence-corrected chi connectivity index (χ3v) is 5.13. The molecule has 1 saturated heterocycles. The highest BCUT2D eigenvalue weighted by Crippen LogP contribution is 2.31. The van der Waals surface area contributed by atoms with Crippen molar-refractivity contribution in [2.75, 3.05) is 36.5 Å². The molecule has 1 aliphatic heterocycles. The summed E-state index contributed by atoms with van der Waals surface area (Å²) in [6.45, 7) is 6.80. The number of anilines is 2.